The van der Waals surface area contributed by atoms with E-state index >= 15 is 0 Å². The van der Waals surface area contributed by atoms with Gasteiger partial charge in [-0.25, -0.2) is 9.29 Å². The molecule has 0 bridgehead atoms. The molecule has 208 valence electrons. The number of nitrogens with zero attached hydrogens (tertiary/aromatic N) is 4. The molecule has 3 amide bonds. The molecule has 0 radical (unpaired) electrons. The number of aromatic nitrogens is 1. The van der Waals surface area contributed by atoms with Crippen LogP contribution in [0.2, 0.25) is 0 Å². The number of thiazole rings is 1. The second kappa shape index (κ2) is 10.5. The molecule has 3 aromatic rings. The second-order valence-corrected chi connectivity index (χ2v) is 12.3. The monoisotopic (exact) mass is 582 g/mol. The lowest BCUT2D eigenvalue weighted by Gasteiger charge is -2.31. The number of hydrogen-bond acceptors (Lipinski definition) is 8. The highest BCUT2D eigenvalue weighted by Crippen LogP contribution is 2.54. The summed E-state index contributed by atoms with van der Waals surface area (Å²) in [5.74, 6) is -2.79. The topological polar surface area (TPSA) is 92.2 Å². The Morgan fingerprint density at radius 3 is 2.33 bits per heavy atom. The highest BCUT2D eigenvalue weighted by molar-refractivity contribution is 8.00. The molecule has 1 aromatic heterocycles. The van der Waals surface area contributed by atoms with Gasteiger partial charge in [0, 0.05) is 43.7 Å². The number of morpholine rings is 1. The van der Waals surface area contributed by atoms with E-state index in [1.165, 1.54) is 40.6 Å². The Hall–Kier alpha value is -3.48. The zero-order valence-electron chi connectivity index (χ0n) is 21.9. The lowest BCUT2D eigenvalue weighted by atomic mass is 9.83. The Kier molecular flexibility index (Phi) is 7.01. The molecule has 40 heavy (non-hydrogen) atoms. The molecular formula is C28H27FN4O5S2. The van der Waals surface area contributed by atoms with Crippen LogP contribution in [-0.2, 0) is 25.7 Å². The smallest absolute Gasteiger partial charge is 0.308 e. The fraction of sp³-hybridized carbons (Fsp3) is 0.357. The fourth-order valence-corrected chi connectivity index (χ4v) is 8.26. The molecule has 2 fully saturated rings. The molecule has 0 spiro atoms. The zero-order valence-corrected chi connectivity index (χ0v) is 23.5. The van der Waals surface area contributed by atoms with Crippen LogP contribution in [0.3, 0.4) is 0 Å². The second-order valence-electron chi connectivity index (χ2n) is 10.1. The predicted octanol–water partition coefficient (Wildman–Crippen LogP) is 2.77. The minimum absolute atomic E-state index is 0.148. The number of imide groups is 1. The van der Waals surface area contributed by atoms with Gasteiger partial charge in [0.05, 0.1) is 29.8 Å². The SMILES string of the molecule is CN(C)c1ccc(C2c3sc(=O)n(CC(=O)N4CCOCC4)c3SC3C(=O)N(c4ccc(F)cc4)C(=O)C32)cc1. The van der Waals surface area contributed by atoms with Crippen molar-refractivity contribution in [3.8, 4) is 0 Å². The molecule has 4 heterocycles. The van der Waals surface area contributed by atoms with Crippen molar-refractivity contribution in [2.24, 2.45) is 5.92 Å². The Labute approximate surface area is 238 Å². The van der Waals surface area contributed by atoms with E-state index in [4.69, 9.17) is 4.74 Å². The molecule has 9 nitrogen and oxygen atoms in total. The first kappa shape index (κ1) is 26.7. The first-order valence-electron chi connectivity index (χ1n) is 12.9. The first-order valence-corrected chi connectivity index (χ1v) is 14.6. The number of hydrogen-bond donors (Lipinski definition) is 0. The summed E-state index contributed by atoms with van der Waals surface area (Å²) in [7, 11) is 3.86. The van der Waals surface area contributed by atoms with Crippen LogP contribution in [0.15, 0.2) is 58.4 Å². The summed E-state index contributed by atoms with van der Waals surface area (Å²) in [5.41, 5.74) is 2.07. The summed E-state index contributed by atoms with van der Waals surface area (Å²) in [6, 6.07) is 13.0. The van der Waals surface area contributed by atoms with Crippen molar-refractivity contribution in [1.82, 2.24) is 9.47 Å². The summed E-state index contributed by atoms with van der Waals surface area (Å²) < 4.78 is 20.4. The maximum Gasteiger partial charge on any atom is 0.308 e. The minimum Gasteiger partial charge on any atom is -0.378 e. The van der Waals surface area contributed by atoms with Crippen LogP contribution >= 0.6 is 23.1 Å². The van der Waals surface area contributed by atoms with Crippen LogP contribution in [0.25, 0.3) is 0 Å². The van der Waals surface area contributed by atoms with Crippen LogP contribution in [-0.4, -0.2) is 72.8 Å². The molecule has 3 aliphatic heterocycles. The molecule has 3 atom stereocenters. The van der Waals surface area contributed by atoms with E-state index < -0.39 is 34.7 Å². The normalized spacial score (nSPS) is 22.3. The van der Waals surface area contributed by atoms with Gasteiger partial charge >= 0.3 is 4.87 Å². The van der Waals surface area contributed by atoms with Gasteiger partial charge in [0.15, 0.2) is 0 Å². The van der Waals surface area contributed by atoms with Gasteiger partial charge < -0.3 is 14.5 Å². The number of thioether (sulfide) groups is 1. The van der Waals surface area contributed by atoms with Gasteiger partial charge in [0.25, 0.3) is 0 Å². The number of amides is 3. The van der Waals surface area contributed by atoms with Crippen molar-refractivity contribution in [1.29, 1.82) is 0 Å². The van der Waals surface area contributed by atoms with Crippen LogP contribution in [0.5, 0.6) is 0 Å². The Bertz CT molecular complexity index is 1530. The third kappa shape index (κ3) is 4.53. The van der Waals surface area contributed by atoms with Crippen molar-refractivity contribution in [3.05, 3.63) is 74.5 Å². The van der Waals surface area contributed by atoms with Crippen molar-refractivity contribution in [3.63, 3.8) is 0 Å². The minimum atomic E-state index is -0.803. The van der Waals surface area contributed by atoms with E-state index in [1.807, 2.05) is 43.3 Å². The van der Waals surface area contributed by atoms with Gasteiger partial charge in [-0.15, -0.1) is 0 Å². The lowest BCUT2D eigenvalue weighted by Crippen LogP contribution is -2.43. The Balaban J connectivity index is 1.43. The van der Waals surface area contributed by atoms with E-state index in [1.54, 1.807) is 4.90 Å². The summed E-state index contributed by atoms with van der Waals surface area (Å²) in [6.07, 6.45) is 0. The molecule has 0 aliphatic carbocycles. The maximum atomic E-state index is 13.9. The van der Waals surface area contributed by atoms with Crippen molar-refractivity contribution in [2.45, 2.75) is 22.7 Å². The largest absolute Gasteiger partial charge is 0.378 e. The number of halogens is 1. The molecule has 12 heteroatoms. The third-order valence-electron chi connectivity index (χ3n) is 7.56. The highest BCUT2D eigenvalue weighted by Gasteiger charge is 2.56. The molecule has 2 saturated heterocycles. The Morgan fingerprint density at radius 2 is 1.68 bits per heavy atom. The zero-order chi connectivity index (χ0) is 28.1. The molecule has 3 aliphatic rings. The highest BCUT2D eigenvalue weighted by atomic mass is 32.2. The number of anilines is 2. The van der Waals surface area contributed by atoms with Crippen LogP contribution in [0.1, 0.15) is 16.4 Å². The summed E-state index contributed by atoms with van der Waals surface area (Å²) in [6.45, 7) is 1.66. The van der Waals surface area contributed by atoms with Gasteiger partial charge in [-0.2, -0.15) is 0 Å². The number of fused-ring (bicyclic) bond motifs is 2. The number of ether oxygens (including phenoxy) is 1. The van der Waals surface area contributed by atoms with Crippen LogP contribution in [0.4, 0.5) is 15.8 Å². The number of carbonyl (C=O) groups is 3. The van der Waals surface area contributed by atoms with Crippen LogP contribution < -0.4 is 14.7 Å². The lowest BCUT2D eigenvalue weighted by molar-refractivity contribution is -0.136. The molecular weight excluding hydrogens is 555 g/mol. The van der Waals surface area contributed by atoms with Crippen molar-refractivity contribution < 1.29 is 23.5 Å². The molecule has 2 aromatic carbocycles. The van der Waals surface area contributed by atoms with Crippen molar-refractivity contribution >= 4 is 52.2 Å². The summed E-state index contributed by atoms with van der Waals surface area (Å²) in [5, 5.41) is -0.260. The molecule has 0 N–H and O–H groups in total. The maximum absolute atomic E-state index is 13.9. The van der Waals surface area contributed by atoms with Gasteiger partial charge in [-0.1, -0.05) is 35.2 Å². The van der Waals surface area contributed by atoms with Crippen molar-refractivity contribution in [2.75, 3.05) is 50.2 Å². The van der Waals surface area contributed by atoms with Gasteiger partial charge in [-0.3, -0.25) is 23.7 Å². The third-order valence-corrected chi connectivity index (χ3v) is 10.2. The number of benzene rings is 2. The first-order chi connectivity index (χ1) is 19.2. The molecule has 0 saturated carbocycles. The molecule has 3 unspecified atom stereocenters. The summed E-state index contributed by atoms with van der Waals surface area (Å²) in [4.78, 5) is 59.2. The standard InChI is InChI=1S/C28H27FN4O5S2/c1-30(2)18-7-3-16(4-8-18)21-22-23(26(36)33(25(22)35)19-9-5-17(29)6-10-19)39-27-24(21)40-28(37)32(27)15-20(34)31-11-13-38-14-12-31/h3-10,21-23H,11-15H2,1-2H3. The number of rotatable bonds is 5. The average Bonchev–Trinajstić information content (AvgIpc) is 3.40. The molecule has 6 rings (SSSR count). The van der Waals surface area contributed by atoms with Gasteiger partial charge in [0.2, 0.25) is 17.7 Å². The fourth-order valence-electron chi connectivity index (χ4n) is 5.49. The Morgan fingerprint density at radius 1 is 1.00 bits per heavy atom. The quantitative estimate of drug-likeness (QED) is 0.428. The average molecular weight is 583 g/mol. The number of carbonyl (C=O) groups excluding carboxylic acids is 3. The van der Waals surface area contributed by atoms with Gasteiger partial charge in [-0.05, 0) is 42.0 Å². The predicted molar refractivity (Wildman–Crippen MR) is 151 cm³/mol. The van der Waals surface area contributed by atoms with E-state index in [-0.39, 0.29) is 17.3 Å². The van der Waals surface area contributed by atoms with Gasteiger partial charge in [0.1, 0.15) is 17.6 Å². The van der Waals surface area contributed by atoms with Crippen LogP contribution in [0, 0.1) is 11.7 Å². The van der Waals surface area contributed by atoms with E-state index in [2.05, 4.69) is 0 Å². The van der Waals surface area contributed by atoms with E-state index in [0.29, 0.717) is 41.9 Å². The van der Waals surface area contributed by atoms with E-state index in [0.717, 1.165) is 27.5 Å². The summed E-state index contributed by atoms with van der Waals surface area (Å²) >= 11 is 2.19. The van der Waals surface area contributed by atoms with E-state index in [9.17, 15) is 23.6 Å².